The lowest BCUT2D eigenvalue weighted by Crippen LogP contribution is -2.31. The fourth-order valence-corrected chi connectivity index (χ4v) is 4.94. The summed E-state index contributed by atoms with van der Waals surface area (Å²) >= 11 is 0. The highest BCUT2D eigenvalue weighted by molar-refractivity contribution is 6.08. The minimum atomic E-state index is -4.43. The van der Waals surface area contributed by atoms with E-state index in [9.17, 15) is 22.8 Å². The van der Waals surface area contributed by atoms with Crippen molar-refractivity contribution in [3.05, 3.63) is 119 Å². The highest BCUT2D eigenvalue weighted by Gasteiger charge is 2.30. The number of nitrogens with one attached hydrogen (secondary N) is 1. The number of carbonyl (C=O) groups excluding carboxylic acids is 2. The average Bonchev–Trinajstić information content (AvgIpc) is 2.96. The van der Waals surface area contributed by atoms with Crippen LogP contribution in [0.5, 0.6) is 0 Å². The Labute approximate surface area is 230 Å². The maximum Gasteiger partial charge on any atom is 0.416 e. The Morgan fingerprint density at radius 3 is 2.30 bits per heavy atom. The van der Waals surface area contributed by atoms with Crippen LogP contribution in [0.15, 0.2) is 91.0 Å². The van der Waals surface area contributed by atoms with Gasteiger partial charge in [-0.3, -0.25) is 4.79 Å². The van der Waals surface area contributed by atoms with Gasteiger partial charge in [0.15, 0.2) is 0 Å². The van der Waals surface area contributed by atoms with E-state index in [-0.39, 0.29) is 11.9 Å². The number of nitrogens with zero attached hydrogens (tertiary/aromatic N) is 1. The van der Waals surface area contributed by atoms with Gasteiger partial charge in [0, 0.05) is 24.3 Å². The van der Waals surface area contributed by atoms with Gasteiger partial charge in [-0.15, -0.1) is 0 Å². The van der Waals surface area contributed by atoms with Crippen molar-refractivity contribution in [2.45, 2.75) is 26.1 Å². The number of alkyl halides is 3. The van der Waals surface area contributed by atoms with Crippen LogP contribution in [-0.2, 0) is 23.9 Å². The molecule has 0 saturated carbocycles. The fourth-order valence-electron chi connectivity index (χ4n) is 4.94. The third kappa shape index (κ3) is 5.71. The van der Waals surface area contributed by atoms with E-state index < -0.39 is 11.7 Å². The number of amides is 1. The summed E-state index contributed by atoms with van der Waals surface area (Å²) in [6.07, 6.45) is -3.71. The van der Waals surface area contributed by atoms with Crippen LogP contribution in [0.2, 0.25) is 0 Å². The summed E-state index contributed by atoms with van der Waals surface area (Å²) in [4.78, 5) is 27.8. The van der Waals surface area contributed by atoms with E-state index in [1.54, 1.807) is 37.3 Å². The summed E-state index contributed by atoms with van der Waals surface area (Å²) in [5.74, 6) is -0.699. The Morgan fingerprint density at radius 2 is 1.57 bits per heavy atom. The number of hydrogen-bond donors (Lipinski definition) is 1. The third-order valence-corrected chi connectivity index (χ3v) is 6.91. The zero-order valence-corrected chi connectivity index (χ0v) is 21.8. The molecule has 4 aromatic rings. The summed E-state index contributed by atoms with van der Waals surface area (Å²) in [6.45, 7) is 3.38. The average molecular weight is 545 g/mol. The lowest BCUT2D eigenvalue weighted by atomic mass is 9.97. The van der Waals surface area contributed by atoms with Gasteiger partial charge in [-0.25, -0.2) is 4.79 Å². The number of hydrogen-bond acceptors (Lipinski definition) is 4. The molecular formula is C32H27F3N2O3. The van der Waals surface area contributed by atoms with Crippen LogP contribution >= 0.6 is 0 Å². The van der Waals surface area contributed by atoms with E-state index in [0.29, 0.717) is 47.6 Å². The number of esters is 1. The second-order valence-electron chi connectivity index (χ2n) is 9.47. The summed E-state index contributed by atoms with van der Waals surface area (Å²) in [6, 6.07) is 24.8. The van der Waals surface area contributed by atoms with Crippen molar-refractivity contribution in [3.63, 3.8) is 0 Å². The van der Waals surface area contributed by atoms with E-state index in [1.807, 2.05) is 36.4 Å². The second-order valence-corrected chi connectivity index (χ2v) is 9.47. The molecule has 0 radical (unpaired) electrons. The molecule has 40 heavy (non-hydrogen) atoms. The van der Waals surface area contributed by atoms with Gasteiger partial charge in [0.25, 0.3) is 5.91 Å². The Balaban J connectivity index is 1.33. The highest BCUT2D eigenvalue weighted by atomic mass is 19.4. The van der Waals surface area contributed by atoms with Gasteiger partial charge in [0.1, 0.15) is 0 Å². The Hall–Kier alpha value is -4.59. The lowest BCUT2D eigenvalue weighted by Gasteiger charge is -2.32. The number of carbonyl (C=O) groups is 2. The SMILES string of the molecule is CCOC(=O)c1ccccc1N1CCc2cc(NC(=O)c3ccccc3-c3ccc(C(F)(F)F)cc3)ccc2C1. The number of para-hydroxylation sites is 1. The molecule has 8 heteroatoms. The van der Waals surface area contributed by atoms with Gasteiger partial charge in [0.05, 0.1) is 23.4 Å². The fraction of sp³-hybridized carbons (Fsp3) is 0.188. The molecule has 1 heterocycles. The first-order chi connectivity index (χ1) is 19.2. The van der Waals surface area contributed by atoms with Crippen molar-refractivity contribution in [2.24, 2.45) is 0 Å². The zero-order valence-electron chi connectivity index (χ0n) is 21.8. The first-order valence-corrected chi connectivity index (χ1v) is 13.0. The number of rotatable bonds is 6. The summed E-state index contributed by atoms with van der Waals surface area (Å²) in [5, 5.41) is 2.94. The monoisotopic (exact) mass is 544 g/mol. The van der Waals surface area contributed by atoms with Crippen LogP contribution < -0.4 is 10.2 Å². The van der Waals surface area contributed by atoms with Crippen LogP contribution in [0.25, 0.3) is 11.1 Å². The predicted octanol–water partition coefficient (Wildman–Crippen LogP) is 7.36. The van der Waals surface area contributed by atoms with E-state index in [2.05, 4.69) is 10.2 Å². The number of fused-ring (bicyclic) bond motifs is 1. The highest BCUT2D eigenvalue weighted by Crippen LogP contribution is 2.33. The van der Waals surface area contributed by atoms with Crippen molar-refractivity contribution in [1.29, 1.82) is 0 Å². The van der Waals surface area contributed by atoms with E-state index in [0.717, 1.165) is 35.4 Å². The third-order valence-electron chi connectivity index (χ3n) is 6.91. The Bertz CT molecular complexity index is 1550. The second kappa shape index (κ2) is 11.3. The largest absolute Gasteiger partial charge is 0.462 e. The minimum Gasteiger partial charge on any atom is -0.462 e. The predicted molar refractivity (Wildman–Crippen MR) is 148 cm³/mol. The summed E-state index contributed by atoms with van der Waals surface area (Å²) in [7, 11) is 0. The molecular weight excluding hydrogens is 517 g/mol. The quantitative estimate of drug-likeness (QED) is 0.258. The molecule has 1 aliphatic heterocycles. The molecule has 5 rings (SSSR count). The molecule has 0 bridgehead atoms. The van der Waals surface area contributed by atoms with Crippen molar-refractivity contribution < 1.29 is 27.5 Å². The Morgan fingerprint density at radius 1 is 0.875 bits per heavy atom. The molecule has 0 spiro atoms. The van der Waals surface area contributed by atoms with Crippen molar-refractivity contribution in [1.82, 2.24) is 0 Å². The van der Waals surface area contributed by atoms with E-state index in [1.165, 1.54) is 12.1 Å². The van der Waals surface area contributed by atoms with Gasteiger partial charge in [-0.2, -0.15) is 13.2 Å². The van der Waals surface area contributed by atoms with Crippen molar-refractivity contribution in [2.75, 3.05) is 23.4 Å². The molecule has 1 aliphatic rings. The maximum absolute atomic E-state index is 13.3. The van der Waals surface area contributed by atoms with E-state index >= 15 is 0 Å². The van der Waals surface area contributed by atoms with Gasteiger partial charge in [-0.1, -0.05) is 48.5 Å². The molecule has 1 N–H and O–H groups in total. The smallest absolute Gasteiger partial charge is 0.416 e. The van der Waals surface area contributed by atoms with Crippen molar-refractivity contribution >= 4 is 23.3 Å². The molecule has 0 aromatic heterocycles. The van der Waals surface area contributed by atoms with Gasteiger partial charge in [0.2, 0.25) is 0 Å². The van der Waals surface area contributed by atoms with Gasteiger partial charge < -0.3 is 15.0 Å². The lowest BCUT2D eigenvalue weighted by molar-refractivity contribution is -0.137. The Kier molecular flexibility index (Phi) is 7.60. The molecule has 0 atom stereocenters. The zero-order chi connectivity index (χ0) is 28.3. The molecule has 4 aromatic carbocycles. The summed E-state index contributed by atoms with van der Waals surface area (Å²) in [5.41, 5.74) is 4.86. The van der Waals surface area contributed by atoms with Crippen LogP contribution in [0.3, 0.4) is 0 Å². The first-order valence-electron chi connectivity index (χ1n) is 13.0. The molecule has 0 aliphatic carbocycles. The van der Waals surface area contributed by atoms with Crippen LogP contribution in [0.1, 0.15) is 44.3 Å². The summed E-state index contributed by atoms with van der Waals surface area (Å²) < 4.78 is 44.2. The molecule has 0 fully saturated rings. The van der Waals surface area contributed by atoms with Crippen LogP contribution in [-0.4, -0.2) is 25.0 Å². The van der Waals surface area contributed by atoms with E-state index in [4.69, 9.17) is 4.74 Å². The maximum atomic E-state index is 13.3. The minimum absolute atomic E-state index is 0.305. The normalized spacial score (nSPS) is 12.9. The molecule has 204 valence electrons. The van der Waals surface area contributed by atoms with Gasteiger partial charge >= 0.3 is 12.1 Å². The number of benzene rings is 4. The number of anilines is 2. The topological polar surface area (TPSA) is 58.6 Å². The number of ether oxygens (including phenoxy) is 1. The molecule has 0 saturated heterocycles. The molecule has 0 unspecified atom stereocenters. The first kappa shape index (κ1) is 27.0. The molecule has 5 nitrogen and oxygen atoms in total. The molecule has 1 amide bonds. The number of halogens is 3. The standard InChI is InChI=1S/C32H27F3N2O3/c1-2-40-31(39)28-9-5-6-10-29(28)37-18-17-22-19-25(16-13-23(22)20-37)36-30(38)27-8-4-3-7-26(27)21-11-14-24(15-12-21)32(33,34)35/h3-16,19H,2,17-18,20H2,1H3,(H,36,38). The van der Waals surface area contributed by atoms with Gasteiger partial charge in [-0.05, 0) is 78.1 Å². The van der Waals surface area contributed by atoms with Crippen LogP contribution in [0, 0.1) is 0 Å². The van der Waals surface area contributed by atoms with Crippen molar-refractivity contribution in [3.8, 4) is 11.1 Å². The van der Waals surface area contributed by atoms with Crippen LogP contribution in [0.4, 0.5) is 24.5 Å².